The Hall–Kier alpha value is 0.110. The van der Waals surface area contributed by atoms with Crippen molar-refractivity contribution in [2.75, 3.05) is 19.3 Å². The fourth-order valence-corrected chi connectivity index (χ4v) is 1.69. The molecule has 1 unspecified atom stereocenters. The normalized spacial score (nSPS) is 34.1. The van der Waals surface area contributed by atoms with E-state index in [9.17, 15) is 4.21 Å². The zero-order chi connectivity index (χ0) is 5.28. The first-order chi connectivity index (χ1) is 3.30. The summed E-state index contributed by atoms with van der Waals surface area (Å²) in [4.78, 5) is 0. The van der Waals surface area contributed by atoms with Crippen molar-refractivity contribution in [3.8, 4) is 0 Å². The van der Waals surface area contributed by atoms with Crippen molar-refractivity contribution in [1.82, 2.24) is 4.31 Å². The van der Waals surface area contributed by atoms with E-state index in [1.165, 1.54) is 0 Å². The second-order valence-electron chi connectivity index (χ2n) is 1.73. The van der Waals surface area contributed by atoms with Gasteiger partial charge in [-0.05, 0) is 13.5 Å². The van der Waals surface area contributed by atoms with Crippen molar-refractivity contribution in [1.29, 1.82) is 0 Å². The van der Waals surface area contributed by atoms with E-state index in [4.69, 9.17) is 0 Å². The monoisotopic (exact) mass is 119 g/mol. The van der Waals surface area contributed by atoms with E-state index in [1.807, 2.05) is 11.4 Å². The van der Waals surface area contributed by atoms with E-state index in [-0.39, 0.29) is 0 Å². The van der Waals surface area contributed by atoms with Gasteiger partial charge in [0.2, 0.25) is 0 Å². The molecule has 0 spiro atoms. The van der Waals surface area contributed by atoms with Gasteiger partial charge in [0, 0.05) is 12.3 Å². The molecule has 1 aliphatic heterocycles. The van der Waals surface area contributed by atoms with Crippen LogP contribution < -0.4 is 0 Å². The number of rotatable bonds is 0. The molecule has 0 aromatic heterocycles. The lowest BCUT2D eigenvalue weighted by atomic mass is 10.5. The second kappa shape index (κ2) is 1.92. The molecule has 1 fully saturated rings. The minimum atomic E-state index is -0.634. The van der Waals surface area contributed by atoms with Crippen LogP contribution in [0.15, 0.2) is 0 Å². The van der Waals surface area contributed by atoms with Crippen molar-refractivity contribution in [3.05, 3.63) is 0 Å². The topological polar surface area (TPSA) is 20.3 Å². The van der Waals surface area contributed by atoms with Gasteiger partial charge in [0.1, 0.15) is 0 Å². The minimum Gasteiger partial charge on any atom is -0.243 e. The Labute approximate surface area is 46.1 Å². The standard InChI is InChI=1S/C4H9NOS/c1-5-3-2-4-7(5)6/h2-4H2,1H3. The summed E-state index contributed by atoms with van der Waals surface area (Å²) in [5.74, 6) is 0.872. The van der Waals surface area contributed by atoms with Crippen LogP contribution in [-0.4, -0.2) is 27.9 Å². The lowest BCUT2D eigenvalue weighted by Crippen LogP contribution is -2.13. The van der Waals surface area contributed by atoms with Gasteiger partial charge >= 0.3 is 0 Å². The smallest absolute Gasteiger partial charge is 0.0940 e. The Morgan fingerprint density at radius 1 is 1.71 bits per heavy atom. The molecular formula is C4H9NOS. The van der Waals surface area contributed by atoms with E-state index >= 15 is 0 Å². The van der Waals surface area contributed by atoms with Gasteiger partial charge in [0.05, 0.1) is 11.0 Å². The first-order valence-electron chi connectivity index (χ1n) is 2.40. The predicted molar refractivity (Wildman–Crippen MR) is 30.3 cm³/mol. The highest BCUT2D eigenvalue weighted by Gasteiger charge is 2.13. The zero-order valence-electron chi connectivity index (χ0n) is 4.39. The Kier molecular flexibility index (Phi) is 1.44. The van der Waals surface area contributed by atoms with Crippen molar-refractivity contribution in [2.45, 2.75) is 6.42 Å². The summed E-state index contributed by atoms with van der Waals surface area (Å²) >= 11 is 0. The van der Waals surface area contributed by atoms with Crippen molar-refractivity contribution < 1.29 is 4.21 Å². The van der Waals surface area contributed by atoms with Crippen LogP contribution in [0.1, 0.15) is 6.42 Å². The summed E-state index contributed by atoms with van der Waals surface area (Å²) in [6.45, 7) is 1.01. The van der Waals surface area contributed by atoms with Crippen LogP contribution in [0, 0.1) is 0 Å². The van der Waals surface area contributed by atoms with Gasteiger partial charge < -0.3 is 0 Å². The van der Waals surface area contributed by atoms with Crippen molar-refractivity contribution >= 4 is 11.0 Å². The molecule has 1 saturated heterocycles. The third-order valence-corrected chi connectivity index (χ3v) is 2.66. The Morgan fingerprint density at radius 2 is 2.43 bits per heavy atom. The molecule has 0 radical (unpaired) electrons. The molecule has 1 aliphatic rings. The molecule has 0 N–H and O–H groups in total. The zero-order valence-corrected chi connectivity index (χ0v) is 5.20. The molecule has 3 heteroatoms. The number of nitrogens with zero attached hydrogens (tertiary/aromatic N) is 1. The molecule has 0 aromatic carbocycles. The van der Waals surface area contributed by atoms with Crippen molar-refractivity contribution in [2.24, 2.45) is 0 Å². The molecule has 0 aromatic rings. The lowest BCUT2D eigenvalue weighted by Gasteiger charge is -2.00. The SMILES string of the molecule is CN1CCCS1=O. The largest absolute Gasteiger partial charge is 0.243 e. The van der Waals surface area contributed by atoms with E-state index in [0.29, 0.717) is 0 Å². The average Bonchev–Trinajstić information content (AvgIpc) is 1.91. The van der Waals surface area contributed by atoms with Gasteiger partial charge in [0.15, 0.2) is 0 Å². The van der Waals surface area contributed by atoms with Crippen LogP contribution in [0.2, 0.25) is 0 Å². The maximum Gasteiger partial charge on any atom is 0.0940 e. The number of hydrogen-bond acceptors (Lipinski definition) is 1. The second-order valence-corrected chi connectivity index (χ2v) is 3.41. The first-order valence-corrected chi connectivity index (χ1v) is 3.68. The van der Waals surface area contributed by atoms with Crippen LogP contribution >= 0.6 is 0 Å². The summed E-state index contributed by atoms with van der Waals surface area (Å²) in [5.41, 5.74) is 0. The Bertz CT molecular complexity index is 93.7. The molecule has 0 aliphatic carbocycles. The molecule has 42 valence electrons. The summed E-state index contributed by atoms with van der Waals surface area (Å²) < 4.78 is 12.5. The summed E-state index contributed by atoms with van der Waals surface area (Å²) in [6.07, 6.45) is 1.10. The molecule has 1 atom stereocenters. The summed E-state index contributed by atoms with van der Waals surface area (Å²) in [7, 11) is 1.26. The van der Waals surface area contributed by atoms with E-state index < -0.39 is 11.0 Å². The van der Waals surface area contributed by atoms with Gasteiger partial charge in [-0.3, -0.25) is 0 Å². The van der Waals surface area contributed by atoms with Gasteiger partial charge in [-0.15, -0.1) is 0 Å². The Balaban J connectivity index is 2.48. The average molecular weight is 119 g/mol. The third-order valence-electron chi connectivity index (χ3n) is 1.14. The van der Waals surface area contributed by atoms with Gasteiger partial charge in [-0.2, -0.15) is 0 Å². The molecular weight excluding hydrogens is 110 g/mol. The summed E-state index contributed by atoms with van der Waals surface area (Å²) in [5, 5.41) is 0. The van der Waals surface area contributed by atoms with Crippen LogP contribution in [0.4, 0.5) is 0 Å². The highest BCUT2D eigenvalue weighted by Crippen LogP contribution is 2.03. The van der Waals surface area contributed by atoms with Crippen LogP contribution in [0.25, 0.3) is 0 Å². The van der Waals surface area contributed by atoms with E-state index in [2.05, 4.69) is 0 Å². The molecule has 1 heterocycles. The minimum absolute atomic E-state index is 0.634. The summed E-state index contributed by atoms with van der Waals surface area (Å²) in [6, 6.07) is 0. The van der Waals surface area contributed by atoms with Crippen LogP contribution in [0.3, 0.4) is 0 Å². The Morgan fingerprint density at radius 3 is 2.57 bits per heavy atom. The highest BCUT2D eigenvalue weighted by atomic mass is 32.2. The van der Waals surface area contributed by atoms with E-state index in [1.54, 1.807) is 0 Å². The molecule has 7 heavy (non-hydrogen) atoms. The maximum atomic E-state index is 10.6. The molecule has 0 bridgehead atoms. The van der Waals surface area contributed by atoms with Crippen LogP contribution in [0.5, 0.6) is 0 Å². The highest BCUT2D eigenvalue weighted by molar-refractivity contribution is 7.82. The quantitative estimate of drug-likeness (QED) is 0.439. The number of hydrogen-bond donors (Lipinski definition) is 0. The molecule has 2 nitrogen and oxygen atoms in total. The van der Waals surface area contributed by atoms with Crippen LogP contribution in [-0.2, 0) is 11.0 Å². The first kappa shape index (κ1) is 5.25. The van der Waals surface area contributed by atoms with Gasteiger partial charge in [-0.25, -0.2) is 8.51 Å². The fraction of sp³-hybridized carbons (Fsp3) is 1.00. The third kappa shape index (κ3) is 1.01. The lowest BCUT2D eigenvalue weighted by molar-refractivity contribution is 0.561. The predicted octanol–water partition coefficient (Wildman–Crippen LogP) is -0.0144. The maximum absolute atomic E-state index is 10.6. The van der Waals surface area contributed by atoms with Gasteiger partial charge in [-0.1, -0.05) is 0 Å². The fourth-order valence-electron chi connectivity index (χ4n) is 0.668. The molecule has 0 saturated carbocycles. The van der Waals surface area contributed by atoms with Crippen molar-refractivity contribution in [3.63, 3.8) is 0 Å². The molecule has 0 amide bonds. The molecule has 1 rings (SSSR count). The van der Waals surface area contributed by atoms with E-state index in [0.717, 1.165) is 18.7 Å². The van der Waals surface area contributed by atoms with Gasteiger partial charge in [0.25, 0.3) is 0 Å².